The molecular formula is C17H14ClFN2O3. The Bertz CT molecular complexity index is 819. The molecule has 0 saturated heterocycles. The molecule has 0 radical (unpaired) electrons. The molecule has 24 heavy (non-hydrogen) atoms. The van der Waals surface area contributed by atoms with Gasteiger partial charge in [-0.15, -0.1) is 0 Å². The molecule has 0 bridgehead atoms. The van der Waals surface area contributed by atoms with Crippen molar-refractivity contribution >= 4 is 34.8 Å². The Kier molecular flexibility index (Phi) is 3.93. The first-order chi connectivity index (χ1) is 11.3. The van der Waals surface area contributed by atoms with E-state index in [1.165, 1.54) is 41.3 Å². The minimum atomic E-state index is -1.27. The zero-order valence-electron chi connectivity index (χ0n) is 12.5. The van der Waals surface area contributed by atoms with Gasteiger partial charge in [-0.2, -0.15) is 0 Å². The molecule has 3 rings (SSSR count). The summed E-state index contributed by atoms with van der Waals surface area (Å²) in [5.74, 6) is -1.74. The Labute approximate surface area is 142 Å². The Hall–Kier alpha value is -2.60. The molecule has 3 N–H and O–H groups in total. The summed E-state index contributed by atoms with van der Waals surface area (Å²) in [6.07, 6.45) is 0.711. The van der Waals surface area contributed by atoms with Gasteiger partial charge in [-0.3, -0.25) is 14.5 Å². The molecule has 0 spiro atoms. The molecule has 2 aromatic carbocycles. The number of anilines is 2. The van der Waals surface area contributed by atoms with Crippen LogP contribution in [0.4, 0.5) is 15.8 Å². The van der Waals surface area contributed by atoms with Crippen LogP contribution in [0.25, 0.3) is 0 Å². The SMILES string of the molecule is NC(=O)C1(C(=O)N(c2ccc(O)cc2)c2ccc(F)cc2Cl)CC1. The van der Waals surface area contributed by atoms with Gasteiger partial charge in [0.15, 0.2) is 0 Å². The van der Waals surface area contributed by atoms with E-state index in [4.69, 9.17) is 17.3 Å². The van der Waals surface area contributed by atoms with Crippen molar-refractivity contribution in [3.8, 4) is 5.75 Å². The second kappa shape index (κ2) is 5.79. The van der Waals surface area contributed by atoms with Gasteiger partial charge < -0.3 is 10.8 Å². The molecular weight excluding hydrogens is 335 g/mol. The largest absolute Gasteiger partial charge is 0.508 e. The van der Waals surface area contributed by atoms with E-state index in [0.29, 0.717) is 18.5 Å². The Morgan fingerprint density at radius 3 is 2.29 bits per heavy atom. The molecule has 1 saturated carbocycles. The lowest BCUT2D eigenvalue weighted by atomic mass is 10.0. The monoisotopic (exact) mass is 348 g/mol. The van der Waals surface area contributed by atoms with E-state index >= 15 is 0 Å². The number of carbonyl (C=O) groups is 2. The summed E-state index contributed by atoms with van der Waals surface area (Å²) in [7, 11) is 0. The van der Waals surface area contributed by atoms with Crippen molar-refractivity contribution in [2.24, 2.45) is 11.1 Å². The molecule has 2 amide bonds. The van der Waals surface area contributed by atoms with E-state index in [1.54, 1.807) is 0 Å². The minimum absolute atomic E-state index is 0.0207. The van der Waals surface area contributed by atoms with Crippen molar-refractivity contribution < 1.29 is 19.1 Å². The van der Waals surface area contributed by atoms with E-state index in [1.807, 2.05) is 0 Å². The van der Waals surface area contributed by atoms with Gasteiger partial charge in [-0.1, -0.05) is 11.6 Å². The third-order valence-electron chi connectivity index (χ3n) is 4.09. The number of amides is 2. The third-order valence-corrected chi connectivity index (χ3v) is 4.40. The zero-order valence-corrected chi connectivity index (χ0v) is 13.3. The molecule has 0 unspecified atom stereocenters. The highest BCUT2D eigenvalue weighted by Crippen LogP contribution is 2.49. The fourth-order valence-corrected chi connectivity index (χ4v) is 2.79. The van der Waals surface area contributed by atoms with E-state index in [2.05, 4.69) is 0 Å². The van der Waals surface area contributed by atoms with Crippen molar-refractivity contribution in [2.75, 3.05) is 4.90 Å². The summed E-state index contributed by atoms with van der Waals surface area (Å²) >= 11 is 6.10. The predicted octanol–water partition coefficient (Wildman–Crippen LogP) is 3.11. The van der Waals surface area contributed by atoms with E-state index < -0.39 is 23.0 Å². The number of rotatable bonds is 4. The highest BCUT2D eigenvalue weighted by atomic mass is 35.5. The van der Waals surface area contributed by atoms with Crippen LogP contribution >= 0.6 is 11.6 Å². The smallest absolute Gasteiger partial charge is 0.247 e. The molecule has 0 atom stereocenters. The highest BCUT2D eigenvalue weighted by molar-refractivity contribution is 6.34. The van der Waals surface area contributed by atoms with Crippen molar-refractivity contribution in [3.05, 3.63) is 53.3 Å². The van der Waals surface area contributed by atoms with Gasteiger partial charge in [0.2, 0.25) is 11.8 Å². The Balaban J connectivity index is 2.12. The molecule has 0 aliphatic heterocycles. The van der Waals surface area contributed by atoms with E-state index in [-0.39, 0.29) is 16.5 Å². The van der Waals surface area contributed by atoms with Crippen molar-refractivity contribution in [2.45, 2.75) is 12.8 Å². The summed E-state index contributed by atoms with van der Waals surface area (Å²) in [5, 5.41) is 9.47. The van der Waals surface area contributed by atoms with Gasteiger partial charge in [0.05, 0.1) is 10.7 Å². The quantitative estimate of drug-likeness (QED) is 0.833. The van der Waals surface area contributed by atoms with Crippen molar-refractivity contribution in [3.63, 3.8) is 0 Å². The predicted molar refractivity (Wildman–Crippen MR) is 87.5 cm³/mol. The lowest BCUT2D eigenvalue weighted by Crippen LogP contribution is -2.41. The van der Waals surface area contributed by atoms with Crippen LogP contribution in [-0.2, 0) is 9.59 Å². The van der Waals surface area contributed by atoms with Gasteiger partial charge in [-0.25, -0.2) is 4.39 Å². The second-order valence-corrected chi connectivity index (χ2v) is 6.11. The van der Waals surface area contributed by atoms with Gasteiger partial charge in [0.1, 0.15) is 17.0 Å². The molecule has 1 fully saturated rings. The molecule has 5 nitrogen and oxygen atoms in total. The average Bonchev–Trinajstić information content (AvgIpc) is 3.33. The average molecular weight is 349 g/mol. The summed E-state index contributed by atoms with van der Waals surface area (Å²) < 4.78 is 13.3. The molecule has 7 heteroatoms. The second-order valence-electron chi connectivity index (χ2n) is 5.70. The third kappa shape index (κ3) is 2.69. The van der Waals surface area contributed by atoms with Crippen LogP contribution in [0.3, 0.4) is 0 Å². The van der Waals surface area contributed by atoms with Crippen LogP contribution in [0.2, 0.25) is 5.02 Å². The Morgan fingerprint density at radius 2 is 1.79 bits per heavy atom. The van der Waals surface area contributed by atoms with Crippen LogP contribution in [0.15, 0.2) is 42.5 Å². The van der Waals surface area contributed by atoms with Crippen LogP contribution in [0.5, 0.6) is 5.75 Å². The van der Waals surface area contributed by atoms with Crippen LogP contribution < -0.4 is 10.6 Å². The molecule has 1 aliphatic rings. The standard InChI is InChI=1S/C17H14ClFN2O3/c18-13-9-10(19)1-6-14(13)21(11-2-4-12(22)5-3-11)16(24)17(7-8-17)15(20)23/h1-6,9,22H,7-8H2,(H2,20,23). The van der Waals surface area contributed by atoms with E-state index in [0.717, 1.165) is 6.07 Å². The molecule has 124 valence electrons. The maximum Gasteiger partial charge on any atom is 0.247 e. The fraction of sp³-hybridized carbons (Fsp3) is 0.176. The number of phenolic OH excluding ortho intramolecular Hbond substituents is 1. The number of aromatic hydroxyl groups is 1. The van der Waals surface area contributed by atoms with Gasteiger partial charge in [0, 0.05) is 5.69 Å². The van der Waals surface area contributed by atoms with Crippen molar-refractivity contribution in [1.29, 1.82) is 0 Å². The summed E-state index contributed by atoms with van der Waals surface area (Å²) in [4.78, 5) is 26.0. The van der Waals surface area contributed by atoms with Crippen LogP contribution in [0, 0.1) is 11.2 Å². The number of halogens is 2. The number of nitrogens with two attached hydrogens (primary N) is 1. The topological polar surface area (TPSA) is 83.6 Å². The molecule has 0 heterocycles. The Morgan fingerprint density at radius 1 is 1.17 bits per heavy atom. The first-order valence-corrected chi connectivity index (χ1v) is 7.61. The maximum absolute atomic E-state index is 13.3. The van der Waals surface area contributed by atoms with E-state index in [9.17, 15) is 19.1 Å². The summed E-state index contributed by atoms with van der Waals surface area (Å²) in [6.45, 7) is 0. The number of nitrogens with zero attached hydrogens (tertiary/aromatic N) is 1. The maximum atomic E-state index is 13.3. The summed E-state index contributed by atoms with van der Waals surface area (Å²) in [5.41, 5.74) is 4.75. The van der Waals surface area contributed by atoms with Gasteiger partial charge >= 0.3 is 0 Å². The summed E-state index contributed by atoms with van der Waals surface area (Å²) in [6, 6.07) is 9.43. The number of primary amides is 1. The first kappa shape index (κ1) is 16.3. The fourth-order valence-electron chi connectivity index (χ4n) is 2.53. The number of hydrogen-bond acceptors (Lipinski definition) is 3. The number of phenols is 1. The van der Waals surface area contributed by atoms with Gasteiger partial charge in [0.25, 0.3) is 0 Å². The zero-order chi connectivity index (χ0) is 17.5. The molecule has 0 aromatic heterocycles. The highest BCUT2D eigenvalue weighted by Gasteiger charge is 2.57. The minimum Gasteiger partial charge on any atom is -0.508 e. The first-order valence-electron chi connectivity index (χ1n) is 7.24. The number of carbonyl (C=O) groups excluding carboxylic acids is 2. The number of benzene rings is 2. The van der Waals surface area contributed by atoms with Gasteiger partial charge in [-0.05, 0) is 55.3 Å². The normalized spacial score (nSPS) is 14.9. The molecule has 1 aliphatic carbocycles. The lowest BCUT2D eigenvalue weighted by Gasteiger charge is -2.27. The lowest BCUT2D eigenvalue weighted by molar-refractivity contribution is -0.133. The number of hydrogen-bond donors (Lipinski definition) is 2. The molecule has 2 aromatic rings. The van der Waals surface area contributed by atoms with Crippen LogP contribution in [-0.4, -0.2) is 16.9 Å². The van der Waals surface area contributed by atoms with Crippen molar-refractivity contribution in [1.82, 2.24) is 0 Å². The van der Waals surface area contributed by atoms with Crippen LogP contribution in [0.1, 0.15) is 12.8 Å².